The van der Waals surface area contributed by atoms with Crippen LogP contribution in [0.25, 0.3) is 0 Å². The fourth-order valence-corrected chi connectivity index (χ4v) is 4.79. The van der Waals surface area contributed by atoms with Crippen molar-refractivity contribution in [1.82, 2.24) is 10.6 Å². The molecule has 2 heterocycles. The van der Waals surface area contributed by atoms with E-state index in [0.29, 0.717) is 0 Å². The van der Waals surface area contributed by atoms with E-state index in [1.54, 1.807) is 0 Å². The van der Waals surface area contributed by atoms with Crippen molar-refractivity contribution in [3.8, 4) is 0 Å². The van der Waals surface area contributed by atoms with Crippen molar-refractivity contribution in [2.24, 2.45) is 0 Å². The molecule has 0 atom stereocenters. The quantitative estimate of drug-likeness (QED) is 0.831. The Morgan fingerprint density at radius 1 is 1.41 bits per heavy atom. The zero-order chi connectivity index (χ0) is 15.8. The number of nitrogens with one attached hydrogen (secondary N) is 2. The fraction of sp³-hybridized carbons (Fsp3) is 0.706. The zero-order valence-electron chi connectivity index (χ0n) is 13.7. The van der Waals surface area contributed by atoms with Crippen molar-refractivity contribution < 1.29 is 9.53 Å². The predicted octanol–water partition coefficient (Wildman–Crippen LogP) is 3.56. The van der Waals surface area contributed by atoms with Gasteiger partial charge in [-0.25, -0.2) is 4.79 Å². The summed E-state index contributed by atoms with van der Waals surface area (Å²) >= 11 is 1.88. The molecule has 0 radical (unpaired) electrons. The minimum atomic E-state index is -0.434. The van der Waals surface area contributed by atoms with Crippen molar-refractivity contribution in [2.45, 2.75) is 70.1 Å². The van der Waals surface area contributed by atoms with Crippen molar-refractivity contribution in [2.75, 3.05) is 6.54 Å². The number of carbonyl (C=O) groups excluding carboxylic acids is 1. The van der Waals surface area contributed by atoms with Gasteiger partial charge in [-0.3, -0.25) is 0 Å². The second-order valence-corrected chi connectivity index (χ2v) is 8.37. The number of fused-ring (bicyclic) bond motifs is 2. The van der Waals surface area contributed by atoms with E-state index in [2.05, 4.69) is 22.1 Å². The Bertz CT molecular complexity index is 539. The molecule has 1 aliphatic carbocycles. The van der Waals surface area contributed by atoms with Crippen LogP contribution in [-0.2, 0) is 16.7 Å². The first kappa shape index (κ1) is 15.8. The van der Waals surface area contributed by atoms with Gasteiger partial charge in [-0.05, 0) is 69.9 Å². The van der Waals surface area contributed by atoms with E-state index in [9.17, 15) is 4.79 Å². The maximum Gasteiger partial charge on any atom is 0.407 e. The lowest BCUT2D eigenvalue weighted by Gasteiger charge is -2.43. The third kappa shape index (κ3) is 3.30. The van der Waals surface area contributed by atoms with Crippen LogP contribution in [0.4, 0.5) is 4.79 Å². The number of amides is 1. The number of rotatable bonds is 1. The summed E-state index contributed by atoms with van der Waals surface area (Å²) in [7, 11) is 0. The van der Waals surface area contributed by atoms with E-state index in [0.717, 1.165) is 38.6 Å². The number of carbonyl (C=O) groups is 1. The first-order chi connectivity index (χ1) is 10.4. The number of hydrogen-bond donors (Lipinski definition) is 2. The molecule has 4 nitrogen and oxygen atoms in total. The van der Waals surface area contributed by atoms with E-state index >= 15 is 0 Å². The third-order valence-corrected chi connectivity index (χ3v) is 5.76. The van der Waals surface area contributed by atoms with Gasteiger partial charge in [-0.1, -0.05) is 0 Å². The van der Waals surface area contributed by atoms with E-state index in [4.69, 9.17) is 4.74 Å². The fourth-order valence-electron chi connectivity index (χ4n) is 3.60. The molecule has 1 saturated carbocycles. The van der Waals surface area contributed by atoms with Crippen molar-refractivity contribution in [3.63, 3.8) is 0 Å². The Labute approximate surface area is 136 Å². The van der Waals surface area contributed by atoms with Crippen molar-refractivity contribution in [3.05, 3.63) is 21.9 Å². The summed E-state index contributed by atoms with van der Waals surface area (Å²) in [5, 5.41) is 9.00. The third-order valence-electron chi connectivity index (χ3n) is 4.60. The Hall–Kier alpha value is -1.07. The second-order valence-electron chi connectivity index (χ2n) is 7.45. The lowest BCUT2D eigenvalue weighted by atomic mass is 9.75. The first-order valence-corrected chi connectivity index (χ1v) is 9.07. The van der Waals surface area contributed by atoms with Gasteiger partial charge in [0.05, 0.1) is 5.54 Å². The topological polar surface area (TPSA) is 50.4 Å². The van der Waals surface area contributed by atoms with Crippen LogP contribution >= 0.6 is 11.3 Å². The van der Waals surface area contributed by atoms with Crippen LogP contribution in [0.3, 0.4) is 0 Å². The molecule has 22 heavy (non-hydrogen) atoms. The highest BCUT2D eigenvalue weighted by Gasteiger charge is 2.41. The number of thiophene rings is 1. The molecule has 5 heteroatoms. The summed E-state index contributed by atoms with van der Waals surface area (Å²) in [6.07, 6.45) is 5.02. The number of hydrogen-bond acceptors (Lipinski definition) is 4. The summed E-state index contributed by atoms with van der Waals surface area (Å²) in [5.41, 5.74) is 1.23. The highest BCUT2D eigenvalue weighted by molar-refractivity contribution is 7.10. The maximum atomic E-state index is 11.9. The van der Waals surface area contributed by atoms with Gasteiger partial charge < -0.3 is 15.4 Å². The van der Waals surface area contributed by atoms with E-state index in [1.807, 2.05) is 32.1 Å². The van der Waals surface area contributed by atoms with Crippen molar-refractivity contribution in [1.29, 1.82) is 0 Å². The normalized spacial score (nSPS) is 28.2. The average molecular weight is 322 g/mol. The molecule has 2 N–H and O–H groups in total. The molecule has 1 aromatic rings. The molecule has 1 spiro atoms. The summed E-state index contributed by atoms with van der Waals surface area (Å²) in [4.78, 5) is 13.4. The molecule has 0 unspecified atom stereocenters. The van der Waals surface area contributed by atoms with E-state index in [1.165, 1.54) is 10.4 Å². The summed E-state index contributed by atoms with van der Waals surface area (Å²) in [6, 6.07) is 2.50. The molecule has 1 aliphatic heterocycles. The highest BCUT2D eigenvalue weighted by atomic mass is 32.1. The Morgan fingerprint density at radius 2 is 2.14 bits per heavy atom. The molecule has 0 bridgehead atoms. The standard InChI is InChI=1S/C17H26N2O2S/c1-16(2,3)21-15(20)19-13-4-8-17(9-5-13)14-12(6-10-18-17)7-11-22-14/h7,11,13,18H,4-6,8-10H2,1-3H3,(H,19,20). The van der Waals surface area contributed by atoms with Gasteiger partial charge in [0.15, 0.2) is 0 Å². The number of ether oxygens (including phenoxy) is 1. The molecule has 0 saturated heterocycles. The molecule has 0 aromatic carbocycles. The summed E-state index contributed by atoms with van der Waals surface area (Å²) < 4.78 is 5.36. The maximum absolute atomic E-state index is 11.9. The van der Waals surface area contributed by atoms with Crippen LogP contribution < -0.4 is 10.6 Å². The van der Waals surface area contributed by atoms with Crippen LogP contribution in [0.2, 0.25) is 0 Å². The Kier molecular flexibility index (Phi) is 4.21. The minimum absolute atomic E-state index is 0.147. The second kappa shape index (κ2) is 5.85. The average Bonchev–Trinajstić information content (AvgIpc) is 2.89. The Morgan fingerprint density at radius 3 is 2.82 bits per heavy atom. The van der Waals surface area contributed by atoms with Gasteiger partial charge in [0.25, 0.3) is 0 Å². The van der Waals surface area contributed by atoms with Gasteiger partial charge in [0, 0.05) is 17.5 Å². The molecular weight excluding hydrogens is 296 g/mol. The summed E-state index contributed by atoms with van der Waals surface area (Å²) in [6.45, 7) is 6.75. The molecule has 122 valence electrons. The van der Waals surface area contributed by atoms with Crippen LogP contribution in [-0.4, -0.2) is 24.3 Å². The predicted molar refractivity (Wildman–Crippen MR) is 89.3 cm³/mol. The SMILES string of the molecule is CC(C)(C)OC(=O)NC1CCC2(CC1)NCCc1ccsc12. The van der Waals surface area contributed by atoms with Crippen LogP contribution in [0, 0.1) is 0 Å². The lowest BCUT2D eigenvalue weighted by Crippen LogP contribution is -2.52. The van der Waals surface area contributed by atoms with Crippen molar-refractivity contribution >= 4 is 17.4 Å². The monoisotopic (exact) mass is 322 g/mol. The molecule has 1 aromatic heterocycles. The largest absolute Gasteiger partial charge is 0.444 e. The van der Waals surface area contributed by atoms with Gasteiger partial charge >= 0.3 is 6.09 Å². The minimum Gasteiger partial charge on any atom is -0.444 e. The van der Waals surface area contributed by atoms with E-state index in [-0.39, 0.29) is 17.7 Å². The molecular formula is C17H26N2O2S. The van der Waals surface area contributed by atoms with Crippen LogP contribution in [0.1, 0.15) is 56.9 Å². The number of alkyl carbamates (subject to hydrolysis) is 1. The molecule has 2 aliphatic rings. The highest BCUT2D eigenvalue weighted by Crippen LogP contribution is 2.43. The summed E-state index contributed by atoms with van der Waals surface area (Å²) in [5.74, 6) is 0. The first-order valence-electron chi connectivity index (χ1n) is 8.19. The molecule has 1 fully saturated rings. The van der Waals surface area contributed by atoms with Gasteiger partial charge in [-0.2, -0.15) is 0 Å². The van der Waals surface area contributed by atoms with Gasteiger partial charge in [-0.15, -0.1) is 11.3 Å². The lowest BCUT2D eigenvalue weighted by molar-refractivity contribution is 0.0477. The van der Waals surface area contributed by atoms with Gasteiger partial charge in [0.2, 0.25) is 0 Å². The smallest absolute Gasteiger partial charge is 0.407 e. The molecule has 1 amide bonds. The zero-order valence-corrected chi connectivity index (χ0v) is 14.5. The van der Waals surface area contributed by atoms with Crippen LogP contribution in [0.15, 0.2) is 11.4 Å². The van der Waals surface area contributed by atoms with Gasteiger partial charge in [0.1, 0.15) is 5.60 Å². The van der Waals surface area contributed by atoms with E-state index < -0.39 is 5.60 Å². The Balaban J connectivity index is 1.59. The molecule has 3 rings (SSSR count). The van der Waals surface area contributed by atoms with Crippen LogP contribution in [0.5, 0.6) is 0 Å².